The molecule has 13 nitrogen and oxygen atoms in total. The molecule has 1 fully saturated rings. The van der Waals surface area contributed by atoms with E-state index >= 15 is 4.79 Å². The van der Waals surface area contributed by atoms with Crippen molar-refractivity contribution in [3.63, 3.8) is 0 Å². The maximum atomic E-state index is 15.9. The third-order valence-electron chi connectivity index (χ3n) is 16.0. The van der Waals surface area contributed by atoms with E-state index in [9.17, 15) is 19.5 Å². The zero-order valence-corrected chi connectivity index (χ0v) is 43.0. The van der Waals surface area contributed by atoms with Crippen LogP contribution in [-0.2, 0) is 61.9 Å². The minimum atomic E-state index is -2.68. The van der Waals surface area contributed by atoms with E-state index in [-0.39, 0.29) is 61.6 Å². The van der Waals surface area contributed by atoms with E-state index in [1.165, 1.54) is 0 Å². The number of anilines is 3. The fourth-order valence-electron chi connectivity index (χ4n) is 12.3. The van der Waals surface area contributed by atoms with Crippen LogP contribution in [0.2, 0.25) is 18.6 Å². The molecule has 6 aromatic carbocycles. The Morgan fingerprint density at radius 3 is 2.00 bits per heavy atom. The number of aliphatic hydroxyl groups is 1. The summed E-state index contributed by atoms with van der Waals surface area (Å²) in [6.07, 6.45) is 3.91. The topological polar surface area (TPSA) is 169 Å². The Kier molecular flexibility index (Phi) is 12.8. The minimum absolute atomic E-state index is 0.000834. The number of carbonyl (C=O) groups is 4. The van der Waals surface area contributed by atoms with Crippen LogP contribution in [0.1, 0.15) is 46.7 Å². The van der Waals surface area contributed by atoms with Gasteiger partial charge in [0, 0.05) is 63.6 Å². The molecule has 2 aromatic heterocycles. The van der Waals surface area contributed by atoms with Gasteiger partial charge >= 0.3 is 0 Å². The Balaban J connectivity index is 0.935. The minimum Gasteiger partial charge on any atom is -0.497 e. The summed E-state index contributed by atoms with van der Waals surface area (Å²) in [5, 5.41) is 20.0. The normalized spacial score (nSPS) is 20.3. The molecule has 0 aliphatic carbocycles. The van der Waals surface area contributed by atoms with Crippen molar-refractivity contribution >= 4 is 75.8 Å². The largest absolute Gasteiger partial charge is 0.497 e. The number of aromatic nitrogens is 2. The second-order valence-electron chi connectivity index (χ2n) is 20.7. The van der Waals surface area contributed by atoms with Crippen LogP contribution in [-0.4, -0.2) is 77.5 Å². The van der Waals surface area contributed by atoms with Crippen molar-refractivity contribution in [1.29, 1.82) is 0 Å². The fourth-order valence-corrected chi connectivity index (χ4v) is 16.3. The van der Waals surface area contributed by atoms with E-state index in [1.54, 1.807) is 16.9 Å². The summed E-state index contributed by atoms with van der Waals surface area (Å²) in [5.74, 6) is -0.471. The predicted molar refractivity (Wildman–Crippen MR) is 291 cm³/mol. The van der Waals surface area contributed by atoms with Crippen LogP contribution in [0.4, 0.5) is 17.1 Å². The number of fused-ring (bicyclic) bond motifs is 5. The molecule has 0 bridgehead atoms. The molecule has 376 valence electrons. The van der Waals surface area contributed by atoms with Gasteiger partial charge in [0.25, 0.3) is 5.91 Å². The monoisotopic (exact) mass is 1000 g/mol. The highest BCUT2D eigenvalue weighted by Crippen LogP contribution is 2.60. The predicted octanol–water partition coefficient (Wildman–Crippen LogP) is 9.12. The lowest BCUT2D eigenvalue weighted by Crippen LogP contribution is -2.52. The number of hydrogen-bond donors (Lipinski definition) is 5. The summed E-state index contributed by atoms with van der Waals surface area (Å²) < 4.78 is 13.0. The first kappa shape index (κ1) is 48.5. The van der Waals surface area contributed by atoms with Crippen molar-refractivity contribution in [2.45, 2.75) is 82.1 Å². The van der Waals surface area contributed by atoms with Gasteiger partial charge in [0.05, 0.1) is 65.4 Å². The number of aromatic amines is 2. The Morgan fingerprint density at radius 2 is 1.36 bits per heavy atom. The van der Waals surface area contributed by atoms with Gasteiger partial charge in [-0.3, -0.25) is 19.2 Å². The molecule has 74 heavy (non-hydrogen) atoms. The summed E-state index contributed by atoms with van der Waals surface area (Å²) in [4.78, 5) is 68.1. The van der Waals surface area contributed by atoms with Crippen LogP contribution >= 0.6 is 0 Å². The van der Waals surface area contributed by atoms with Crippen molar-refractivity contribution in [1.82, 2.24) is 14.9 Å². The number of rotatable bonds is 14. The van der Waals surface area contributed by atoms with Crippen molar-refractivity contribution in [3.8, 4) is 5.75 Å². The highest BCUT2D eigenvalue weighted by atomic mass is 28.3. The van der Waals surface area contributed by atoms with Gasteiger partial charge in [-0.15, -0.1) is 0 Å². The van der Waals surface area contributed by atoms with Crippen LogP contribution in [0.15, 0.2) is 152 Å². The quantitative estimate of drug-likeness (QED) is 0.0677. The molecule has 0 unspecified atom stereocenters. The van der Waals surface area contributed by atoms with Crippen LogP contribution in [0.25, 0.3) is 21.8 Å². The molecule has 14 heteroatoms. The molecule has 3 aliphatic heterocycles. The second-order valence-corrected chi connectivity index (χ2v) is 25.4. The number of nitrogens with one attached hydrogen (secondary N) is 4. The molecular weight excluding hydrogens is 945 g/mol. The number of aliphatic hydroxyl groups excluding tert-OH is 1. The average molecular weight is 1010 g/mol. The Bertz CT molecular complexity index is 3440. The SMILES string of the molecule is COc1ccc([Si](C)(C)[C@@H]2[C@@H](CC(=O)N3Cc4ccccc4C[C@H]3CO)O[C@]3(C(=O)N(Cc4ccc(NC(=O)Cc5c[nH]c6ccccc56)cc4)c4ccc(NC(=O)Cc5c[nH]c6ccccc56)cc43)[C@H]2C)cc1. The number of carbonyl (C=O) groups excluding carboxylic acids is 4. The zero-order valence-electron chi connectivity index (χ0n) is 42.0. The molecule has 5 heterocycles. The van der Waals surface area contributed by atoms with E-state index in [2.05, 4.69) is 58.8 Å². The van der Waals surface area contributed by atoms with Gasteiger partial charge in [0.15, 0.2) is 5.60 Å². The lowest BCUT2D eigenvalue weighted by molar-refractivity contribution is -0.151. The third-order valence-corrected chi connectivity index (χ3v) is 20.4. The molecule has 11 rings (SSSR count). The molecule has 0 saturated carbocycles. The van der Waals surface area contributed by atoms with Crippen LogP contribution < -0.4 is 25.5 Å². The van der Waals surface area contributed by atoms with Gasteiger partial charge in [-0.1, -0.05) is 110 Å². The summed E-state index contributed by atoms with van der Waals surface area (Å²) in [5.41, 5.74) is 7.31. The number of methoxy groups -OCH3 is 1. The molecule has 5 atom stereocenters. The maximum absolute atomic E-state index is 15.9. The number of H-pyrrole nitrogens is 2. The van der Waals surface area contributed by atoms with Crippen molar-refractivity contribution in [3.05, 3.63) is 185 Å². The van der Waals surface area contributed by atoms with E-state index in [4.69, 9.17) is 9.47 Å². The van der Waals surface area contributed by atoms with E-state index in [0.717, 1.165) is 60.6 Å². The highest BCUT2D eigenvalue weighted by Gasteiger charge is 2.66. The highest BCUT2D eigenvalue weighted by molar-refractivity contribution is 6.91. The molecule has 5 N–H and O–H groups in total. The van der Waals surface area contributed by atoms with E-state index in [1.807, 2.05) is 134 Å². The zero-order chi connectivity index (χ0) is 51.3. The van der Waals surface area contributed by atoms with Crippen molar-refractivity contribution in [2.24, 2.45) is 5.92 Å². The number of ether oxygens (including phenoxy) is 2. The van der Waals surface area contributed by atoms with Crippen LogP contribution in [0.5, 0.6) is 5.75 Å². The molecular formula is C60H60N6O7Si. The van der Waals surface area contributed by atoms with Gasteiger partial charge in [-0.05, 0) is 94.4 Å². The van der Waals surface area contributed by atoms with Crippen LogP contribution in [0, 0.1) is 5.92 Å². The Labute approximate surface area is 430 Å². The first-order valence-corrected chi connectivity index (χ1v) is 28.5. The molecule has 1 saturated heterocycles. The molecule has 1 spiro atoms. The maximum Gasteiger partial charge on any atom is 0.264 e. The number of hydrogen-bond acceptors (Lipinski definition) is 7. The van der Waals surface area contributed by atoms with Gasteiger partial charge < -0.3 is 45.0 Å². The summed E-state index contributed by atoms with van der Waals surface area (Å²) in [6, 6.07) is 44.6. The van der Waals surface area contributed by atoms with Gasteiger partial charge in [0.2, 0.25) is 17.7 Å². The van der Waals surface area contributed by atoms with Crippen LogP contribution in [0.3, 0.4) is 0 Å². The lowest BCUT2D eigenvalue weighted by atomic mass is 9.82. The summed E-state index contributed by atoms with van der Waals surface area (Å²) in [6.45, 7) is 7.02. The first-order valence-electron chi connectivity index (χ1n) is 25.4. The number of nitrogens with zero attached hydrogens (tertiary/aromatic N) is 2. The summed E-state index contributed by atoms with van der Waals surface area (Å²) in [7, 11) is -1.04. The summed E-state index contributed by atoms with van der Waals surface area (Å²) >= 11 is 0. The van der Waals surface area contributed by atoms with Gasteiger partial charge in [-0.2, -0.15) is 0 Å². The van der Waals surface area contributed by atoms with E-state index < -0.39 is 31.7 Å². The standard InChI is InChI=1S/C60H60N6O7Si/c1-37-58(74(3,4)47-24-22-46(72-2)23-25-47)54(31-57(70)65-35-40-12-6-5-11-39(40)27-45(65)36-67)73-60(37)50-30-44(64-56(69)29-42-33-62-52-16-10-8-14-49(42)52)21-26-53(50)66(59(60)71)34-38-17-19-43(20-18-38)63-55(68)28-41-32-61-51-15-9-7-13-48(41)51/h5-26,30,32-33,37,45,54,58,61-62,67H,27-29,31,34-36H2,1-4H3,(H,63,68)(H,64,69)/t37-,45-,54+,58-,60+/m0/s1. The molecule has 3 aliphatic rings. The van der Waals surface area contributed by atoms with Gasteiger partial charge in [-0.25, -0.2) is 0 Å². The lowest BCUT2D eigenvalue weighted by Gasteiger charge is -2.39. The number of para-hydroxylation sites is 2. The second kappa shape index (κ2) is 19.6. The smallest absolute Gasteiger partial charge is 0.264 e. The van der Waals surface area contributed by atoms with Gasteiger partial charge in [0.1, 0.15) is 5.75 Å². The number of amides is 4. The molecule has 0 radical (unpaired) electrons. The Morgan fingerprint density at radius 1 is 0.770 bits per heavy atom. The molecule has 4 amide bonds. The third kappa shape index (κ3) is 8.75. The van der Waals surface area contributed by atoms with Crippen molar-refractivity contribution in [2.75, 3.05) is 29.3 Å². The first-order chi connectivity index (χ1) is 35.8. The average Bonchev–Trinajstić information content (AvgIpc) is 4.18. The van der Waals surface area contributed by atoms with E-state index in [0.29, 0.717) is 35.6 Å². The Hall–Kier alpha value is -7.78. The fraction of sp³-hybridized carbons (Fsp3) is 0.267. The van der Waals surface area contributed by atoms with Crippen molar-refractivity contribution < 1.29 is 33.8 Å². The number of benzene rings is 6. The molecule has 8 aromatic rings.